The van der Waals surface area contributed by atoms with Gasteiger partial charge in [0.2, 0.25) is 5.91 Å². The third-order valence-corrected chi connectivity index (χ3v) is 7.12. The van der Waals surface area contributed by atoms with Crippen molar-refractivity contribution in [3.05, 3.63) is 45.5 Å². The molecule has 5 nitrogen and oxygen atoms in total. The first kappa shape index (κ1) is 17.1. The fourth-order valence-corrected chi connectivity index (χ4v) is 5.36. The van der Waals surface area contributed by atoms with Crippen molar-refractivity contribution >= 4 is 17.5 Å². The number of amides is 1. The van der Waals surface area contributed by atoms with Gasteiger partial charge in [-0.2, -0.15) is 13.9 Å². The normalized spacial score (nSPS) is 28.1. The number of alkyl halides is 2. The maximum absolute atomic E-state index is 13.1. The molecule has 0 unspecified atom stereocenters. The molecule has 4 aliphatic rings. The molecule has 2 bridgehead atoms. The van der Waals surface area contributed by atoms with E-state index in [1.807, 2.05) is 18.7 Å². The van der Waals surface area contributed by atoms with Crippen LogP contribution < -0.4 is 0 Å². The van der Waals surface area contributed by atoms with E-state index >= 15 is 0 Å². The minimum absolute atomic E-state index is 0.142. The molecule has 0 spiro atoms. The fourth-order valence-electron chi connectivity index (χ4n) is 5.20. The number of hydrogen-bond donors (Lipinski definition) is 0. The summed E-state index contributed by atoms with van der Waals surface area (Å²) >= 11 is 6.31. The lowest BCUT2D eigenvalue weighted by Crippen LogP contribution is -2.70. The molecule has 1 aliphatic heterocycles. The van der Waals surface area contributed by atoms with Gasteiger partial charge in [0, 0.05) is 18.2 Å². The molecule has 0 aromatic carbocycles. The summed E-state index contributed by atoms with van der Waals surface area (Å²) < 4.78 is 26.2. The summed E-state index contributed by atoms with van der Waals surface area (Å²) in [4.78, 5) is 19.6. The van der Waals surface area contributed by atoms with Crippen LogP contribution in [0.3, 0.4) is 0 Å². The number of fused-ring (bicyclic) bond motifs is 1. The van der Waals surface area contributed by atoms with E-state index in [2.05, 4.69) is 10.1 Å². The quantitative estimate of drug-likeness (QED) is 0.795. The van der Waals surface area contributed by atoms with Crippen LogP contribution >= 0.6 is 11.6 Å². The molecule has 0 radical (unpaired) electrons. The highest BCUT2D eigenvalue weighted by Crippen LogP contribution is 2.74. The Morgan fingerprint density at radius 3 is 2.59 bits per heavy atom. The van der Waals surface area contributed by atoms with Gasteiger partial charge in [-0.1, -0.05) is 11.6 Å². The van der Waals surface area contributed by atoms with Gasteiger partial charge in [0.25, 0.3) is 0 Å². The molecule has 3 fully saturated rings. The van der Waals surface area contributed by atoms with Crippen LogP contribution in [-0.4, -0.2) is 25.6 Å². The Morgan fingerprint density at radius 2 is 1.96 bits per heavy atom. The topological polar surface area (TPSA) is 51.0 Å². The Bertz CT molecular complexity index is 967. The lowest BCUT2D eigenvalue weighted by Gasteiger charge is -2.69. The van der Waals surface area contributed by atoms with Gasteiger partial charge in [-0.3, -0.25) is 9.78 Å². The summed E-state index contributed by atoms with van der Waals surface area (Å²) in [6.07, 6.45) is 3.39. The van der Waals surface area contributed by atoms with Gasteiger partial charge in [0.05, 0.1) is 34.1 Å². The van der Waals surface area contributed by atoms with Gasteiger partial charge >= 0.3 is 6.55 Å². The lowest BCUT2D eigenvalue weighted by atomic mass is 9.34. The Balaban J connectivity index is 1.31. The number of aromatic nitrogens is 3. The maximum Gasteiger partial charge on any atom is 0.333 e. The van der Waals surface area contributed by atoms with Crippen molar-refractivity contribution in [1.82, 2.24) is 19.7 Å². The largest absolute Gasteiger partial charge is 0.333 e. The summed E-state index contributed by atoms with van der Waals surface area (Å²) in [5, 5.41) is 4.68. The molecular formula is C19H19ClF2N4O. The van der Waals surface area contributed by atoms with E-state index in [4.69, 9.17) is 11.6 Å². The summed E-state index contributed by atoms with van der Waals surface area (Å²) in [5.74, 6) is 0.142. The van der Waals surface area contributed by atoms with Crippen LogP contribution in [0, 0.1) is 19.3 Å². The molecule has 8 heteroatoms. The number of hydrogen-bond acceptors (Lipinski definition) is 3. The Morgan fingerprint density at radius 1 is 1.26 bits per heavy atom. The van der Waals surface area contributed by atoms with Gasteiger partial charge in [0.15, 0.2) is 0 Å². The van der Waals surface area contributed by atoms with Crippen molar-refractivity contribution in [3.63, 3.8) is 0 Å². The van der Waals surface area contributed by atoms with E-state index < -0.39 is 6.55 Å². The molecule has 2 aromatic rings. The molecule has 3 saturated carbocycles. The van der Waals surface area contributed by atoms with Crippen LogP contribution in [0.2, 0.25) is 5.02 Å². The monoisotopic (exact) mass is 392 g/mol. The first-order valence-corrected chi connectivity index (χ1v) is 9.40. The van der Waals surface area contributed by atoms with E-state index in [1.165, 1.54) is 6.20 Å². The SMILES string of the molecule is Cc1nc2c(c(C)c1Cl)CN(C(=O)C13CC(c4ccn(C(F)F)n4)(C1)C3)C2. The Hall–Kier alpha value is -2.02. The second-order valence-corrected chi connectivity index (χ2v) is 8.65. The van der Waals surface area contributed by atoms with E-state index in [-0.39, 0.29) is 16.7 Å². The van der Waals surface area contributed by atoms with E-state index in [1.54, 1.807) is 6.07 Å². The van der Waals surface area contributed by atoms with E-state index in [9.17, 15) is 13.6 Å². The second-order valence-electron chi connectivity index (χ2n) is 8.27. The van der Waals surface area contributed by atoms with Crippen LogP contribution in [0.25, 0.3) is 0 Å². The van der Waals surface area contributed by atoms with E-state index in [0.717, 1.165) is 22.5 Å². The summed E-state index contributed by atoms with van der Waals surface area (Å²) in [6.45, 7) is 2.28. The van der Waals surface area contributed by atoms with Gasteiger partial charge in [-0.05, 0) is 50.3 Å². The number of aryl methyl sites for hydroxylation is 1. The number of halogens is 3. The highest BCUT2D eigenvalue weighted by Gasteiger charge is 2.73. The Kier molecular flexibility index (Phi) is 3.34. The van der Waals surface area contributed by atoms with Crippen LogP contribution in [-0.2, 0) is 23.3 Å². The number of carbonyl (C=O) groups excluding carboxylic acids is 1. The lowest BCUT2D eigenvalue weighted by molar-refractivity contribution is -0.189. The molecule has 6 rings (SSSR count). The van der Waals surface area contributed by atoms with Gasteiger partial charge in [-0.25, -0.2) is 4.68 Å². The molecule has 0 saturated heterocycles. The zero-order chi connectivity index (χ0) is 19.1. The van der Waals surface area contributed by atoms with Gasteiger partial charge in [0.1, 0.15) is 0 Å². The minimum atomic E-state index is -2.63. The molecule has 0 atom stereocenters. The second kappa shape index (κ2) is 5.28. The number of carbonyl (C=O) groups is 1. The van der Waals surface area contributed by atoms with Crippen LogP contribution in [0.5, 0.6) is 0 Å². The van der Waals surface area contributed by atoms with Crippen LogP contribution in [0.1, 0.15) is 54.0 Å². The van der Waals surface area contributed by atoms with Crippen molar-refractivity contribution in [1.29, 1.82) is 0 Å². The molecule has 27 heavy (non-hydrogen) atoms. The summed E-state index contributed by atoms with van der Waals surface area (Å²) in [7, 11) is 0. The predicted molar refractivity (Wildman–Crippen MR) is 94.4 cm³/mol. The zero-order valence-electron chi connectivity index (χ0n) is 15.1. The standard InChI is InChI=1S/C19H19ClF2N4O/c1-10-12-5-25(6-13(12)23-11(2)15(10)20)16(27)19-7-18(8-19,9-19)14-3-4-26(24-14)17(21)22/h3-4,17H,5-9H2,1-2H3. The first-order chi connectivity index (χ1) is 12.7. The third kappa shape index (κ3) is 2.18. The number of pyridine rings is 1. The molecule has 3 heterocycles. The van der Waals surface area contributed by atoms with Crippen molar-refractivity contribution < 1.29 is 13.6 Å². The molecular weight excluding hydrogens is 374 g/mol. The van der Waals surface area contributed by atoms with Gasteiger partial charge in [-0.15, -0.1) is 0 Å². The van der Waals surface area contributed by atoms with E-state index in [0.29, 0.717) is 47.8 Å². The first-order valence-electron chi connectivity index (χ1n) is 9.02. The van der Waals surface area contributed by atoms with Crippen LogP contribution in [0.4, 0.5) is 8.78 Å². The zero-order valence-corrected chi connectivity index (χ0v) is 15.9. The number of nitrogens with zero attached hydrogens (tertiary/aromatic N) is 4. The van der Waals surface area contributed by atoms with Crippen LogP contribution in [0.15, 0.2) is 12.3 Å². The number of rotatable bonds is 3. The third-order valence-electron chi connectivity index (χ3n) is 6.56. The molecule has 2 aromatic heterocycles. The smallest absolute Gasteiger partial charge is 0.332 e. The maximum atomic E-state index is 13.1. The summed E-state index contributed by atoms with van der Waals surface area (Å²) in [6, 6.07) is 1.66. The molecule has 3 aliphatic carbocycles. The fraction of sp³-hybridized carbons (Fsp3) is 0.526. The predicted octanol–water partition coefficient (Wildman–Crippen LogP) is 3.91. The highest BCUT2D eigenvalue weighted by molar-refractivity contribution is 6.32. The molecule has 142 valence electrons. The highest BCUT2D eigenvalue weighted by atomic mass is 35.5. The molecule has 1 amide bonds. The van der Waals surface area contributed by atoms with Crippen molar-refractivity contribution in [2.75, 3.05) is 0 Å². The average molecular weight is 393 g/mol. The minimum Gasteiger partial charge on any atom is -0.332 e. The van der Waals surface area contributed by atoms with Crippen molar-refractivity contribution in [2.45, 2.75) is 58.2 Å². The van der Waals surface area contributed by atoms with Crippen molar-refractivity contribution in [3.8, 4) is 0 Å². The average Bonchev–Trinajstić information content (AvgIpc) is 3.17. The molecule has 0 N–H and O–H groups in total. The van der Waals surface area contributed by atoms with Gasteiger partial charge < -0.3 is 4.90 Å². The van der Waals surface area contributed by atoms with Crippen molar-refractivity contribution in [2.24, 2.45) is 5.41 Å². The Labute approximate surface area is 160 Å². The summed E-state index contributed by atoms with van der Waals surface area (Å²) in [5.41, 5.74) is 3.90.